The number of nitrogens with zero attached hydrogens (tertiary/aromatic N) is 4. The number of anilines is 2. The molecule has 0 amide bonds. The molecule has 0 saturated carbocycles. The van der Waals surface area contributed by atoms with Gasteiger partial charge >= 0.3 is 0 Å². The molecule has 7 heteroatoms. The maximum atomic E-state index is 9.15. The molecule has 5 heterocycles. The van der Waals surface area contributed by atoms with Crippen LogP contribution in [0.1, 0.15) is 28.8 Å². The number of nitrogen functional groups attached to an aromatic ring is 1. The van der Waals surface area contributed by atoms with E-state index in [4.69, 9.17) is 15.7 Å². The molecule has 6 nitrogen and oxygen atoms in total. The van der Waals surface area contributed by atoms with E-state index in [1.807, 2.05) is 24.3 Å². The molecule has 3 aromatic heterocycles. The summed E-state index contributed by atoms with van der Waals surface area (Å²) in [5.41, 5.74) is 8.52. The van der Waals surface area contributed by atoms with Gasteiger partial charge in [-0.15, -0.1) is 11.3 Å². The van der Waals surface area contributed by atoms with E-state index in [-0.39, 0.29) is 5.60 Å². The first-order valence-corrected chi connectivity index (χ1v) is 10.6. The van der Waals surface area contributed by atoms with Crippen molar-refractivity contribution in [1.82, 2.24) is 9.97 Å². The Labute approximate surface area is 173 Å². The Morgan fingerprint density at radius 1 is 1.21 bits per heavy atom. The van der Waals surface area contributed by atoms with Crippen molar-refractivity contribution in [1.29, 1.82) is 5.26 Å². The first-order chi connectivity index (χ1) is 14.2. The second-order valence-electron chi connectivity index (χ2n) is 7.49. The summed E-state index contributed by atoms with van der Waals surface area (Å²) in [6.45, 7) is 2.45. The van der Waals surface area contributed by atoms with E-state index in [1.165, 1.54) is 10.4 Å². The van der Waals surface area contributed by atoms with Crippen LogP contribution in [0, 0.1) is 11.3 Å². The van der Waals surface area contributed by atoms with Crippen molar-refractivity contribution in [3.05, 3.63) is 58.6 Å². The number of hydrogen-bond donors (Lipinski definition) is 1. The van der Waals surface area contributed by atoms with E-state index in [0.717, 1.165) is 55.3 Å². The second-order valence-corrected chi connectivity index (χ2v) is 8.63. The summed E-state index contributed by atoms with van der Waals surface area (Å²) in [5.74, 6) is 1.41. The predicted molar refractivity (Wildman–Crippen MR) is 114 cm³/mol. The number of piperidine rings is 1. The Kier molecular flexibility index (Phi) is 4.46. The van der Waals surface area contributed by atoms with Crippen molar-refractivity contribution >= 4 is 23.0 Å². The van der Waals surface area contributed by atoms with Gasteiger partial charge in [0.05, 0.1) is 34.4 Å². The zero-order valence-electron chi connectivity index (χ0n) is 16.0. The minimum absolute atomic E-state index is 0.244. The maximum absolute atomic E-state index is 9.15. The fourth-order valence-electron chi connectivity index (χ4n) is 4.30. The van der Waals surface area contributed by atoms with E-state index in [1.54, 1.807) is 23.6 Å². The van der Waals surface area contributed by atoms with Gasteiger partial charge in [-0.2, -0.15) is 5.26 Å². The summed E-state index contributed by atoms with van der Waals surface area (Å²) in [4.78, 5) is 13.7. The topological polar surface area (TPSA) is 88.1 Å². The molecule has 1 spiro atoms. The highest BCUT2D eigenvalue weighted by Crippen LogP contribution is 2.46. The van der Waals surface area contributed by atoms with Gasteiger partial charge in [0, 0.05) is 30.6 Å². The van der Waals surface area contributed by atoms with Crippen LogP contribution in [0.5, 0.6) is 0 Å². The Balaban J connectivity index is 1.41. The molecule has 0 aliphatic carbocycles. The average Bonchev–Trinajstić information content (AvgIpc) is 3.21. The van der Waals surface area contributed by atoms with Crippen LogP contribution in [0.15, 0.2) is 42.6 Å². The highest BCUT2D eigenvalue weighted by atomic mass is 32.1. The van der Waals surface area contributed by atoms with Gasteiger partial charge < -0.3 is 15.4 Å². The Morgan fingerprint density at radius 3 is 2.86 bits per heavy atom. The van der Waals surface area contributed by atoms with Crippen molar-refractivity contribution in [2.75, 3.05) is 30.3 Å². The van der Waals surface area contributed by atoms with E-state index in [2.05, 4.69) is 27.0 Å². The number of rotatable bonds is 2. The third-order valence-electron chi connectivity index (χ3n) is 5.80. The van der Waals surface area contributed by atoms with Gasteiger partial charge in [-0.25, -0.2) is 9.97 Å². The SMILES string of the molecule is N#Cc1ccnc(N2CCC3(CC2)OCCc2sc(-c4cccc(N)n4)cc23)c1. The lowest BCUT2D eigenvalue weighted by Gasteiger charge is -2.44. The van der Waals surface area contributed by atoms with Crippen molar-refractivity contribution in [3.8, 4) is 16.6 Å². The molecular formula is C22H21N5OS. The van der Waals surface area contributed by atoms with Crippen molar-refractivity contribution < 1.29 is 4.74 Å². The molecule has 3 aromatic rings. The minimum Gasteiger partial charge on any atom is -0.384 e. The number of pyridine rings is 2. The fraction of sp³-hybridized carbons (Fsp3) is 0.318. The molecule has 2 aliphatic rings. The fourth-order valence-corrected chi connectivity index (χ4v) is 5.50. The monoisotopic (exact) mass is 403 g/mol. The lowest BCUT2D eigenvalue weighted by Crippen LogP contribution is -2.46. The third kappa shape index (κ3) is 3.24. The van der Waals surface area contributed by atoms with Gasteiger partial charge in [-0.05, 0) is 48.7 Å². The molecule has 5 rings (SSSR count). The number of nitriles is 1. The zero-order valence-corrected chi connectivity index (χ0v) is 16.8. The number of thiophene rings is 1. The predicted octanol–water partition coefficient (Wildman–Crippen LogP) is 3.73. The third-order valence-corrected chi connectivity index (χ3v) is 7.02. The standard InChI is InChI=1S/C22H21N5OS/c23-14-15-4-8-25-21(12-15)27-9-6-22(7-10-27)16-13-19(29-18(16)5-11-28-22)17-2-1-3-20(24)26-17/h1-4,8,12-13H,5-7,9-11H2,(H2,24,26). The average molecular weight is 404 g/mol. The van der Waals surface area contributed by atoms with Crippen LogP contribution in [0.4, 0.5) is 11.6 Å². The molecule has 0 aromatic carbocycles. The summed E-state index contributed by atoms with van der Waals surface area (Å²) in [6.07, 6.45) is 4.45. The van der Waals surface area contributed by atoms with Gasteiger partial charge in [0.2, 0.25) is 0 Å². The van der Waals surface area contributed by atoms with Crippen molar-refractivity contribution in [2.45, 2.75) is 24.9 Å². The lowest BCUT2D eigenvalue weighted by atomic mass is 9.82. The smallest absolute Gasteiger partial charge is 0.129 e. The number of fused-ring (bicyclic) bond motifs is 2. The summed E-state index contributed by atoms with van der Waals surface area (Å²) >= 11 is 1.81. The number of nitrogens with two attached hydrogens (primary N) is 1. The second kappa shape index (κ2) is 7.14. The Bertz CT molecular complexity index is 1090. The molecule has 2 aliphatic heterocycles. The number of hydrogen-bond acceptors (Lipinski definition) is 7. The molecule has 0 atom stereocenters. The maximum Gasteiger partial charge on any atom is 0.129 e. The largest absolute Gasteiger partial charge is 0.384 e. The summed E-state index contributed by atoms with van der Waals surface area (Å²) < 4.78 is 6.40. The van der Waals surface area contributed by atoms with Gasteiger partial charge in [-0.1, -0.05) is 6.07 Å². The van der Waals surface area contributed by atoms with Crippen LogP contribution in [-0.4, -0.2) is 29.7 Å². The molecule has 2 N–H and O–H groups in total. The van der Waals surface area contributed by atoms with Crippen molar-refractivity contribution in [3.63, 3.8) is 0 Å². The summed E-state index contributed by atoms with van der Waals surface area (Å²) in [7, 11) is 0. The molecule has 1 saturated heterocycles. The summed E-state index contributed by atoms with van der Waals surface area (Å²) in [6, 6.07) is 13.8. The minimum atomic E-state index is -0.244. The Hall–Kier alpha value is -2.95. The molecule has 29 heavy (non-hydrogen) atoms. The van der Waals surface area contributed by atoms with Crippen LogP contribution in [-0.2, 0) is 16.8 Å². The number of ether oxygens (including phenoxy) is 1. The Morgan fingerprint density at radius 2 is 2.07 bits per heavy atom. The van der Waals surface area contributed by atoms with Gasteiger partial charge in [0.15, 0.2) is 0 Å². The van der Waals surface area contributed by atoms with Gasteiger partial charge in [-0.3, -0.25) is 0 Å². The molecule has 0 bridgehead atoms. The van der Waals surface area contributed by atoms with Crippen molar-refractivity contribution in [2.24, 2.45) is 0 Å². The van der Waals surface area contributed by atoms with Crippen LogP contribution in [0.2, 0.25) is 0 Å². The normalized spacial score (nSPS) is 17.7. The molecular weight excluding hydrogens is 382 g/mol. The summed E-state index contributed by atoms with van der Waals surface area (Å²) in [5, 5.41) is 9.15. The van der Waals surface area contributed by atoms with Crippen LogP contribution >= 0.6 is 11.3 Å². The molecule has 0 unspecified atom stereocenters. The van der Waals surface area contributed by atoms with Gasteiger partial charge in [0.1, 0.15) is 11.6 Å². The van der Waals surface area contributed by atoms with E-state index in [9.17, 15) is 0 Å². The highest BCUT2D eigenvalue weighted by Gasteiger charge is 2.42. The number of aromatic nitrogens is 2. The molecule has 0 radical (unpaired) electrons. The van der Waals surface area contributed by atoms with Crippen LogP contribution in [0.3, 0.4) is 0 Å². The van der Waals surface area contributed by atoms with E-state index >= 15 is 0 Å². The lowest BCUT2D eigenvalue weighted by molar-refractivity contribution is -0.0757. The first-order valence-electron chi connectivity index (χ1n) is 9.78. The first kappa shape index (κ1) is 18.1. The highest BCUT2D eigenvalue weighted by molar-refractivity contribution is 7.15. The molecule has 146 valence electrons. The van der Waals surface area contributed by atoms with Gasteiger partial charge in [0.25, 0.3) is 0 Å². The molecule has 1 fully saturated rings. The quantitative estimate of drug-likeness (QED) is 0.701. The van der Waals surface area contributed by atoms with E-state index in [0.29, 0.717) is 11.4 Å². The zero-order chi connectivity index (χ0) is 19.8. The van der Waals surface area contributed by atoms with E-state index < -0.39 is 0 Å². The van der Waals surface area contributed by atoms with Crippen LogP contribution in [0.25, 0.3) is 10.6 Å². The van der Waals surface area contributed by atoms with Crippen LogP contribution < -0.4 is 10.6 Å².